The molecular weight excluding hydrogens is 280 g/mol. The van der Waals surface area contributed by atoms with Crippen LogP contribution in [0.5, 0.6) is 0 Å². The summed E-state index contributed by atoms with van der Waals surface area (Å²) in [6.07, 6.45) is -4.26. The highest BCUT2D eigenvalue weighted by Gasteiger charge is 2.55. The maximum Gasteiger partial charge on any atom is 0.361 e. The molecule has 0 aromatic rings. The second kappa shape index (κ2) is 6.35. The van der Waals surface area contributed by atoms with Gasteiger partial charge in [0, 0.05) is 0 Å². The first-order valence-corrected chi connectivity index (χ1v) is 6.02. The van der Waals surface area contributed by atoms with Crippen molar-refractivity contribution in [3.8, 4) is 0 Å². The van der Waals surface area contributed by atoms with Gasteiger partial charge in [0.15, 0.2) is 12.1 Å². The van der Waals surface area contributed by atoms with Crippen molar-refractivity contribution < 1.29 is 39.4 Å². The molecule has 8 nitrogen and oxygen atoms in total. The second-order valence-electron chi connectivity index (χ2n) is 4.59. The maximum atomic E-state index is 9.79. The third-order valence-electron chi connectivity index (χ3n) is 2.62. The van der Waals surface area contributed by atoms with Gasteiger partial charge in [0.1, 0.15) is 24.4 Å². The van der Waals surface area contributed by atoms with Crippen molar-refractivity contribution in [2.75, 3.05) is 6.61 Å². The fourth-order valence-electron chi connectivity index (χ4n) is 1.94. The zero-order valence-corrected chi connectivity index (χ0v) is 11.4. The summed E-state index contributed by atoms with van der Waals surface area (Å²) >= 11 is 2.88. The Labute approximate surface area is 115 Å². The van der Waals surface area contributed by atoms with Crippen molar-refractivity contribution >= 4 is 17.9 Å². The van der Waals surface area contributed by atoms with Gasteiger partial charge in [-0.3, -0.25) is 0 Å². The van der Waals surface area contributed by atoms with Gasteiger partial charge in [0.05, 0.1) is 6.61 Å². The molecule has 4 N–H and O–H groups in total. The predicted molar refractivity (Wildman–Crippen MR) is 64.8 cm³/mol. The Morgan fingerprint density at radius 3 is 2.37 bits per heavy atom. The molecule has 0 spiro atoms. The fourth-order valence-corrected chi connectivity index (χ4v) is 1.94. The van der Waals surface area contributed by atoms with E-state index >= 15 is 0 Å². The number of hydrogen-bond acceptors (Lipinski definition) is 7. The normalized spacial score (nSPS) is 37.2. The molecule has 2 rings (SSSR count). The predicted octanol–water partition coefficient (Wildman–Crippen LogP) is -0.829. The van der Waals surface area contributed by atoms with Gasteiger partial charge in [-0.25, -0.2) is 4.79 Å². The maximum absolute atomic E-state index is 9.79. The third kappa shape index (κ3) is 4.28. The summed E-state index contributed by atoms with van der Waals surface area (Å²) in [6.45, 7) is 2.97. The van der Waals surface area contributed by atoms with Crippen LogP contribution in [-0.4, -0.2) is 68.8 Å². The molecule has 0 amide bonds. The summed E-state index contributed by atoms with van der Waals surface area (Å²) in [7, 11) is 0. The Bertz CT molecular complexity index is 319. The minimum absolute atomic E-state index is 0.468. The van der Waals surface area contributed by atoms with E-state index < -0.39 is 48.4 Å². The number of thiol groups is 1. The van der Waals surface area contributed by atoms with Crippen LogP contribution in [0, 0.1) is 0 Å². The van der Waals surface area contributed by atoms with E-state index in [4.69, 9.17) is 29.2 Å². The molecule has 0 bridgehead atoms. The minimum atomic E-state index is -1.14. The van der Waals surface area contributed by atoms with Crippen LogP contribution in [0.1, 0.15) is 13.8 Å². The first kappa shape index (κ1) is 16.6. The third-order valence-corrected chi connectivity index (χ3v) is 2.62. The lowest BCUT2D eigenvalue weighted by Crippen LogP contribution is -2.42. The molecule has 2 saturated heterocycles. The number of rotatable bonds is 2. The Morgan fingerprint density at radius 2 is 1.95 bits per heavy atom. The van der Waals surface area contributed by atoms with Crippen molar-refractivity contribution in [3.63, 3.8) is 0 Å². The highest BCUT2D eigenvalue weighted by molar-refractivity contribution is 7.96. The molecule has 2 aliphatic heterocycles. The minimum Gasteiger partial charge on any atom is -0.473 e. The smallest absolute Gasteiger partial charge is 0.361 e. The zero-order chi connectivity index (χ0) is 14.8. The van der Waals surface area contributed by atoms with Crippen LogP contribution < -0.4 is 0 Å². The van der Waals surface area contributed by atoms with E-state index in [0.717, 1.165) is 0 Å². The van der Waals surface area contributed by atoms with Crippen LogP contribution in [0.4, 0.5) is 4.79 Å². The SMILES string of the molecule is CC1(C)OC2OC(C(O)CO)C(O)C2O1.O=C(O)S. The Kier molecular flexibility index (Phi) is 5.56. The summed E-state index contributed by atoms with van der Waals surface area (Å²) in [5.41, 5.74) is 0. The van der Waals surface area contributed by atoms with Crippen molar-refractivity contribution in [1.29, 1.82) is 0 Å². The second-order valence-corrected chi connectivity index (χ2v) is 4.97. The summed E-state index contributed by atoms with van der Waals surface area (Å²) in [4.78, 5) is 8.86. The Morgan fingerprint density at radius 1 is 1.42 bits per heavy atom. The molecule has 112 valence electrons. The van der Waals surface area contributed by atoms with Gasteiger partial charge in [-0.1, -0.05) is 12.6 Å². The van der Waals surface area contributed by atoms with Crippen LogP contribution in [0.15, 0.2) is 0 Å². The average Bonchev–Trinajstić information content (AvgIpc) is 2.71. The van der Waals surface area contributed by atoms with Gasteiger partial charge >= 0.3 is 5.30 Å². The molecule has 0 aromatic heterocycles. The molecule has 5 unspecified atom stereocenters. The first-order chi connectivity index (χ1) is 8.68. The van der Waals surface area contributed by atoms with Crippen LogP contribution in [0.2, 0.25) is 0 Å². The first-order valence-electron chi connectivity index (χ1n) is 5.58. The van der Waals surface area contributed by atoms with Gasteiger partial charge in [-0.2, -0.15) is 0 Å². The molecule has 0 aromatic carbocycles. The van der Waals surface area contributed by atoms with Gasteiger partial charge in [0.25, 0.3) is 0 Å². The number of hydrogen-bond donors (Lipinski definition) is 5. The van der Waals surface area contributed by atoms with E-state index in [2.05, 4.69) is 12.6 Å². The number of aliphatic hydroxyl groups is 3. The topological polar surface area (TPSA) is 126 Å². The lowest BCUT2D eigenvalue weighted by molar-refractivity contribution is -0.227. The van der Waals surface area contributed by atoms with E-state index in [1.807, 2.05) is 0 Å². The van der Waals surface area contributed by atoms with Gasteiger partial charge in [-0.15, -0.1) is 0 Å². The summed E-state index contributed by atoms with van der Waals surface area (Å²) in [5, 5.41) is 34.1. The highest BCUT2D eigenvalue weighted by atomic mass is 32.1. The molecule has 19 heavy (non-hydrogen) atoms. The van der Waals surface area contributed by atoms with Crippen LogP contribution in [0.3, 0.4) is 0 Å². The quantitative estimate of drug-likeness (QED) is 0.418. The molecule has 9 heteroatoms. The summed E-state index contributed by atoms with van der Waals surface area (Å²) < 4.78 is 16.1. The standard InChI is InChI=1S/C9H16O6.CH2O2S/c1-9(2)14-7-5(12)6(4(11)3-10)13-8(7)15-9;2-1(3)4/h4-8,10-12H,3H2,1-2H3;4H,(H,2,3). The highest BCUT2D eigenvalue weighted by Crippen LogP contribution is 2.38. The molecule has 0 saturated carbocycles. The number of aliphatic hydroxyl groups excluding tert-OH is 3. The van der Waals surface area contributed by atoms with Crippen LogP contribution in [0.25, 0.3) is 0 Å². The number of carbonyl (C=O) groups is 1. The van der Waals surface area contributed by atoms with Crippen molar-refractivity contribution in [2.45, 2.75) is 50.3 Å². The molecule has 0 aliphatic carbocycles. The Balaban J connectivity index is 0.000000399. The summed E-state index contributed by atoms with van der Waals surface area (Å²) in [5.74, 6) is -0.786. The molecular formula is C10H18O8S. The summed E-state index contributed by atoms with van der Waals surface area (Å²) in [6, 6.07) is 0. The monoisotopic (exact) mass is 298 g/mol. The van der Waals surface area contributed by atoms with Gasteiger partial charge < -0.3 is 34.6 Å². The lowest BCUT2D eigenvalue weighted by Gasteiger charge is -2.24. The van der Waals surface area contributed by atoms with Gasteiger partial charge in [-0.05, 0) is 13.8 Å². The van der Waals surface area contributed by atoms with E-state index in [-0.39, 0.29) is 0 Å². The molecule has 5 atom stereocenters. The van der Waals surface area contributed by atoms with Crippen molar-refractivity contribution in [2.24, 2.45) is 0 Å². The number of ether oxygens (including phenoxy) is 3. The van der Waals surface area contributed by atoms with Gasteiger partial charge in [0.2, 0.25) is 0 Å². The van der Waals surface area contributed by atoms with E-state index in [9.17, 15) is 10.2 Å². The number of fused-ring (bicyclic) bond motifs is 1. The molecule has 0 radical (unpaired) electrons. The Hall–Kier alpha value is -0.420. The fraction of sp³-hybridized carbons (Fsp3) is 0.900. The lowest BCUT2D eigenvalue weighted by atomic mass is 10.1. The van der Waals surface area contributed by atoms with E-state index in [1.54, 1.807) is 13.8 Å². The number of carboxylic acid groups (broad SMARTS) is 1. The van der Waals surface area contributed by atoms with E-state index in [0.29, 0.717) is 0 Å². The molecule has 2 aliphatic rings. The zero-order valence-electron chi connectivity index (χ0n) is 10.5. The van der Waals surface area contributed by atoms with Crippen molar-refractivity contribution in [1.82, 2.24) is 0 Å². The molecule has 2 fully saturated rings. The van der Waals surface area contributed by atoms with Crippen molar-refractivity contribution in [3.05, 3.63) is 0 Å². The van der Waals surface area contributed by atoms with E-state index in [1.165, 1.54) is 0 Å². The van der Waals surface area contributed by atoms with Crippen LogP contribution >= 0.6 is 12.6 Å². The largest absolute Gasteiger partial charge is 0.473 e. The van der Waals surface area contributed by atoms with Crippen LogP contribution in [-0.2, 0) is 14.2 Å². The average molecular weight is 298 g/mol. The molecule has 2 heterocycles.